The van der Waals surface area contributed by atoms with Crippen molar-refractivity contribution in [1.29, 1.82) is 0 Å². The van der Waals surface area contributed by atoms with E-state index in [0.29, 0.717) is 52.3 Å². The number of benzene rings is 8. The number of nitrogens with zero attached hydrogens (tertiary/aromatic N) is 12. The van der Waals surface area contributed by atoms with Crippen molar-refractivity contribution in [3.8, 4) is 137 Å². The second kappa shape index (κ2) is 20.7. The molecular formula is C63H48N12O6. The number of rotatable bonds is 3. The first-order valence-corrected chi connectivity index (χ1v) is 25.7. The highest BCUT2D eigenvalue weighted by Crippen LogP contribution is 2.39. The zero-order chi connectivity index (χ0) is 55.1. The molecule has 0 aliphatic carbocycles. The minimum absolute atomic E-state index is 0.0702. The van der Waals surface area contributed by atoms with Gasteiger partial charge in [0.1, 0.15) is 34.5 Å². The SMILES string of the molecule is CN(C)c1nc2nc(n1)Oc1ccc(cc1)-c1cc3cc(c1)-c1ccc(cc1)Oc1nc(nc(N(C)C)n1)Oc1ccc(cc1)-c1cc(cc(c1)-c1ccc(cc1)Oc1nc(nc(N(C)C)n1)Oc1ccc-3cc1)-c1ccc(cc1)O2. The fourth-order valence-corrected chi connectivity index (χ4v) is 9.04. The smallest absolute Gasteiger partial charge is 0.330 e. The van der Waals surface area contributed by atoms with Crippen molar-refractivity contribution >= 4 is 17.8 Å². The quantitative estimate of drug-likeness (QED) is 0.163. The summed E-state index contributed by atoms with van der Waals surface area (Å²) in [7, 11) is 11.1. The molecule has 8 aromatic carbocycles. The Labute approximate surface area is 465 Å². The zero-order valence-electron chi connectivity index (χ0n) is 44.6. The van der Waals surface area contributed by atoms with Crippen LogP contribution in [0.25, 0.3) is 66.8 Å². The lowest BCUT2D eigenvalue weighted by Gasteiger charge is -2.15. The Hall–Kier alpha value is -11.0. The molecular weight excluding hydrogens is 1020 g/mol. The van der Waals surface area contributed by atoms with Crippen LogP contribution in [0.3, 0.4) is 0 Å². The Balaban J connectivity index is 0.992. The molecule has 396 valence electrons. The molecule has 0 N–H and O–H groups in total. The van der Waals surface area contributed by atoms with Crippen LogP contribution in [0.2, 0.25) is 0 Å². The highest BCUT2D eigenvalue weighted by atomic mass is 16.5. The first-order valence-electron chi connectivity index (χ1n) is 25.7. The predicted molar refractivity (Wildman–Crippen MR) is 308 cm³/mol. The highest BCUT2D eigenvalue weighted by Gasteiger charge is 2.19. The van der Waals surface area contributed by atoms with E-state index in [1.54, 1.807) is 14.7 Å². The van der Waals surface area contributed by atoms with Crippen molar-refractivity contribution in [3.63, 3.8) is 0 Å². The molecule has 3 aromatic heterocycles. The van der Waals surface area contributed by atoms with Crippen LogP contribution >= 0.6 is 0 Å². The Morgan fingerprint density at radius 3 is 0.481 bits per heavy atom. The van der Waals surface area contributed by atoms with Crippen molar-refractivity contribution in [2.75, 3.05) is 57.0 Å². The van der Waals surface area contributed by atoms with Gasteiger partial charge in [0.2, 0.25) is 17.8 Å². The number of aromatic nitrogens is 9. The summed E-state index contributed by atoms with van der Waals surface area (Å²) in [5.74, 6) is 4.18. The first kappa shape index (κ1) is 49.6. The number of ether oxygens (including phenoxy) is 6. The molecule has 81 heavy (non-hydrogen) atoms. The molecule has 21 aliphatic heterocycles. The molecule has 21 aliphatic rings. The molecule has 0 fully saturated rings. The van der Waals surface area contributed by atoms with Crippen LogP contribution in [0.15, 0.2) is 182 Å². The molecule has 11 aromatic rings. The van der Waals surface area contributed by atoms with Crippen LogP contribution in [-0.4, -0.2) is 87.1 Å². The molecule has 0 unspecified atom stereocenters. The van der Waals surface area contributed by atoms with Gasteiger partial charge in [0.15, 0.2) is 0 Å². The van der Waals surface area contributed by atoms with E-state index < -0.39 is 0 Å². The van der Waals surface area contributed by atoms with Crippen molar-refractivity contribution in [3.05, 3.63) is 182 Å². The van der Waals surface area contributed by atoms with E-state index in [9.17, 15) is 0 Å². The molecule has 0 saturated heterocycles. The van der Waals surface area contributed by atoms with E-state index in [2.05, 4.69) is 81.3 Å². The second-order valence-electron chi connectivity index (χ2n) is 19.6. The van der Waals surface area contributed by atoms with E-state index >= 15 is 0 Å². The fourth-order valence-electron chi connectivity index (χ4n) is 9.04. The maximum atomic E-state index is 6.32. The van der Waals surface area contributed by atoms with Gasteiger partial charge in [-0.05, 0) is 176 Å². The average molecular weight is 1070 g/mol. The van der Waals surface area contributed by atoms with Gasteiger partial charge in [-0.15, -0.1) is 15.0 Å². The summed E-state index contributed by atoms with van der Waals surface area (Å²) >= 11 is 0. The average Bonchev–Trinajstić information content (AvgIpc) is 3.56. The van der Waals surface area contributed by atoms with Gasteiger partial charge in [-0.1, -0.05) is 72.8 Å². The largest absolute Gasteiger partial charge is 0.424 e. The summed E-state index contributed by atoms with van der Waals surface area (Å²) in [6.45, 7) is 0. The van der Waals surface area contributed by atoms with E-state index in [1.165, 1.54) is 0 Å². The maximum Gasteiger partial charge on any atom is 0.330 e. The summed E-state index contributed by atoms with van der Waals surface area (Å²) < 4.78 is 37.9. The van der Waals surface area contributed by atoms with Crippen molar-refractivity contribution in [2.24, 2.45) is 0 Å². The monoisotopic (exact) mass is 1070 g/mol. The third kappa shape index (κ3) is 10.8. The van der Waals surface area contributed by atoms with E-state index in [-0.39, 0.29) is 36.1 Å². The predicted octanol–water partition coefficient (Wildman–Crippen LogP) is 13.8. The molecule has 18 heteroatoms. The Morgan fingerprint density at radius 2 is 0.346 bits per heavy atom. The Kier molecular flexibility index (Phi) is 12.7. The molecule has 0 saturated carbocycles. The Bertz CT molecular complexity index is 3430. The third-order valence-corrected chi connectivity index (χ3v) is 13.2. The summed E-state index contributed by atoms with van der Waals surface area (Å²) in [6.07, 6.45) is 0. The van der Waals surface area contributed by atoms with Crippen LogP contribution in [-0.2, 0) is 0 Å². The lowest BCUT2D eigenvalue weighted by Crippen LogP contribution is -2.14. The van der Waals surface area contributed by atoms with Crippen LogP contribution in [0.1, 0.15) is 0 Å². The van der Waals surface area contributed by atoms with Crippen LogP contribution in [0.5, 0.6) is 70.6 Å². The van der Waals surface area contributed by atoms with Crippen LogP contribution in [0.4, 0.5) is 17.8 Å². The van der Waals surface area contributed by atoms with Crippen LogP contribution < -0.4 is 43.1 Å². The number of hydrogen-bond donors (Lipinski definition) is 0. The molecule has 24 heterocycles. The van der Waals surface area contributed by atoms with Crippen LogP contribution in [0, 0.1) is 0 Å². The number of hydrogen-bond acceptors (Lipinski definition) is 18. The van der Waals surface area contributed by atoms with Gasteiger partial charge in [0.05, 0.1) is 0 Å². The summed E-state index contributed by atoms with van der Waals surface area (Å²) in [4.78, 5) is 46.7. The molecule has 0 spiro atoms. The standard InChI is InChI=1S/C63H48N12O6/c1-73(2)55-64-58-70-59(65-55)77-50-21-9-38(10-22-50)44-32-46-36-48(34-44)42-17-29-54(30-18-42)81-63-69-57(75(5)6)68-62(72-63)80-53-27-15-41(16-28-53)47-33-43(37-7-19-49(76-58)20-8-37)31-45(35-47)39-11-23-51(24-12-39)78-60-66-56(74(3)4)67-61(71-60)79-52-25-13-40(46)14-26-52/h7-36H,1-6H3. The topological polar surface area (TPSA) is 181 Å². The molecule has 0 atom stereocenters. The van der Waals surface area contributed by atoms with Crippen molar-refractivity contribution < 1.29 is 28.4 Å². The molecule has 0 radical (unpaired) electrons. The number of anilines is 3. The molecule has 18 nitrogen and oxygen atoms in total. The van der Waals surface area contributed by atoms with E-state index in [1.807, 2.05) is 188 Å². The molecule has 24 bridgehead atoms. The van der Waals surface area contributed by atoms with Gasteiger partial charge in [0.25, 0.3) is 0 Å². The zero-order valence-corrected chi connectivity index (χ0v) is 44.6. The van der Waals surface area contributed by atoms with E-state index in [0.717, 1.165) is 66.8 Å². The lowest BCUT2D eigenvalue weighted by atomic mass is 9.93. The summed E-state index contributed by atoms with van der Waals surface area (Å²) in [5, 5.41) is 0. The first-order chi connectivity index (χ1) is 39.4. The normalized spacial score (nSPS) is 11.9. The minimum Gasteiger partial charge on any atom is -0.424 e. The molecule has 0 amide bonds. The third-order valence-electron chi connectivity index (χ3n) is 13.2. The van der Waals surface area contributed by atoms with Gasteiger partial charge in [-0.25, -0.2) is 0 Å². The fraction of sp³-hybridized carbons (Fsp3) is 0.0952. The van der Waals surface area contributed by atoms with Crippen molar-refractivity contribution in [1.82, 2.24) is 44.9 Å². The highest BCUT2D eigenvalue weighted by molar-refractivity contribution is 5.83. The van der Waals surface area contributed by atoms with Gasteiger partial charge >= 0.3 is 36.1 Å². The maximum absolute atomic E-state index is 6.32. The minimum atomic E-state index is 0.0702. The lowest BCUT2D eigenvalue weighted by molar-refractivity contribution is 0.397. The van der Waals surface area contributed by atoms with Crippen molar-refractivity contribution in [2.45, 2.75) is 0 Å². The molecule has 32 rings (SSSR count). The summed E-state index contributed by atoms with van der Waals surface area (Å²) in [5.41, 5.74) is 11.3. The van der Waals surface area contributed by atoms with Gasteiger partial charge < -0.3 is 43.1 Å². The Morgan fingerprint density at radius 1 is 0.198 bits per heavy atom. The second-order valence-corrected chi connectivity index (χ2v) is 19.6. The van der Waals surface area contributed by atoms with Gasteiger partial charge in [0, 0.05) is 42.3 Å². The van der Waals surface area contributed by atoms with E-state index in [4.69, 9.17) is 28.4 Å². The van der Waals surface area contributed by atoms with Gasteiger partial charge in [-0.2, -0.15) is 29.9 Å². The van der Waals surface area contributed by atoms with Gasteiger partial charge in [-0.3, -0.25) is 0 Å². The summed E-state index contributed by atoms with van der Waals surface area (Å²) in [6, 6.07) is 59.8.